The van der Waals surface area contributed by atoms with E-state index in [1.54, 1.807) is 24.3 Å². The summed E-state index contributed by atoms with van der Waals surface area (Å²) >= 11 is 3.78. The molecule has 3 atom stereocenters. The van der Waals surface area contributed by atoms with Crippen LogP contribution in [0.4, 0.5) is 11.4 Å². The van der Waals surface area contributed by atoms with Gasteiger partial charge in [-0.15, -0.1) is 11.3 Å². The Hall–Kier alpha value is -3.47. The molecule has 1 fully saturated rings. The Kier molecular flexibility index (Phi) is 6.10. The Balaban J connectivity index is 1.39. The van der Waals surface area contributed by atoms with E-state index in [9.17, 15) is 19.2 Å². The van der Waals surface area contributed by atoms with Crippen LogP contribution in [0.5, 0.6) is 0 Å². The Morgan fingerprint density at radius 1 is 0.946 bits per heavy atom. The van der Waals surface area contributed by atoms with Crippen LogP contribution in [-0.4, -0.2) is 27.5 Å². The van der Waals surface area contributed by atoms with Crippen LogP contribution in [0, 0.1) is 12.8 Å². The molecule has 4 aromatic rings. The Morgan fingerprint density at radius 2 is 1.70 bits per heavy atom. The number of amides is 3. The summed E-state index contributed by atoms with van der Waals surface area (Å²) in [6.45, 7) is 1.77. The van der Waals surface area contributed by atoms with Crippen molar-refractivity contribution in [1.82, 2.24) is 4.57 Å². The fourth-order valence-corrected chi connectivity index (χ4v) is 8.57. The third kappa shape index (κ3) is 4.14. The first-order chi connectivity index (χ1) is 17.9. The predicted molar refractivity (Wildman–Crippen MR) is 147 cm³/mol. The second kappa shape index (κ2) is 9.44. The number of aryl methyl sites for hydroxylation is 1. The van der Waals surface area contributed by atoms with Gasteiger partial charge in [0, 0.05) is 21.4 Å². The van der Waals surface area contributed by atoms with Crippen molar-refractivity contribution in [1.29, 1.82) is 0 Å². The number of thioether (sulfide) groups is 1. The first-order valence-corrected chi connectivity index (χ1v) is 14.2. The first-order valence-electron chi connectivity index (χ1n) is 11.7. The number of carbonyl (C=O) groups excluding carboxylic acids is 3. The number of carbonyl (C=O) groups is 3. The smallest absolute Gasteiger partial charge is 0.308 e. The minimum Gasteiger partial charge on any atom is -0.325 e. The molecule has 1 saturated heterocycles. The molecule has 10 heteroatoms. The van der Waals surface area contributed by atoms with Gasteiger partial charge in [-0.2, -0.15) is 0 Å². The number of imide groups is 1. The van der Waals surface area contributed by atoms with E-state index in [2.05, 4.69) is 5.32 Å². The Morgan fingerprint density at radius 3 is 2.41 bits per heavy atom. The van der Waals surface area contributed by atoms with Crippen LogP contribution in [0.25, 0.3) is 0 Å². The summed E-state index contributed by atoms with van der Waals surface area (Å²) in [5.41, 5.74) is 2.22. The van der Waals surface area contributed by atoms with Gasteiger partial charge in [-0.05, 0) is 42.6 Å². The summed E-state index contributed by atoms with van der Waals surface area (Å²) in [6.07, 6.45) is 0. The molecule has 37 heavy (non-hydrogen) atoms. The van der Waals surface area contributed by atoms with Gasteiger partial charge in [0.2, 0.25) is 17.7 Å². The van der Waals surface area contributed by atoms with Crippen molar-refractivity contribution >= 4 is 63.5 Å². The van der Waals surface area contributed by atoms with Gasteiger partial charge in [0.25, 0.3) is 0 Å². The number of nitrogens with one attached hydrogen (secondary N) is 1. The highest BCUT2D eigenvalue weighted by Gasteiger charge is 2.57. The Bertz CT molecular complexity index is 1560. The van der Waals surface area contributed by atoms with Crippen LogP contribution in [0.15, 0.2) is 81.9 Å². The fraction of sp³-hybridized carbons (Fsp3) is 0.185. The van der Waals surface area contributed by atoms with Gasteiger partial charge in [-0.3, -0.25) is 23.7 Å². The van der Waals surface area contributed by atoms with Crippen LogP contribution in [-0.2, 0) is 20.9 Å². The van der Waals surface area contributed by atoms with Crippen LogP contribution in [0.3, 0.4) is 0 Å². The zero-order chi connectivity index (χ0) is 25.7. The molecule has 6 rings (SSSR count). The molecule has 2 aliphatic rings. The van der Waals surface area contributed by atoms with Crippen molar-refractivity contribution < 1.29 is 14.4 Å². The first kappa shape index (κ1) is 23.9. The fourth-order valence-electron chi connectivity index (χ4n) is 4.84. The summed E-state index contributed by atoms with van der Waals surface area (Å²) in [5, 5.41) is 4.64. The molecule has 2 aromatic carbocycles. The minimum absolute atomic E-state index is 0.176. The van der Waals surface area contributed by atoms with Gasteiger partial charge in [0.15, 0.2) is 0 Å². The molecule has 0 saturated carbocycles. The molecule has 3 amide bonds. The number of para-hydroxylation sites is 1. The third-order valence-electron chi connectivity index (χ3n) is 6.55. The van der Waals surface area contributed by atoms with Crippen molar-refractivity contribution in [2.75, 3.05) is 10.2 Å². The molecule has 4 heterocycles. The summed E-state index contributed by atoms with van der Waals surface area (Å²) in [4.78, 5) is 56.1. The van der Waals surface area contributed by atoms with Crippen LogP contribution < -0.4 is 15.1 Å². The zero-order valence-electron chi connectivity index (χ0n) is 19.6. The second-order valence-corrected chi connectivity index (χ2v) is 12.0. The number of thiazole rings is 1. The molecule has 0 aliphatic carbocycles. The van der Waals surface area contributed by atoms with Crippen molar-refractivity contribution in [3.63, 3.8) is 0 Å². The molecule has 186 valence electrons. The maximum atomic E-state index is 13.8. The number of benzene rings is 2. The highest BCUT2D eigenvalue weighted by atomic mass is 32.2. The number of aromatic nitrogens is 1. The van der Waals surface area contributed by atoms with Crippen LogP contribution in [0.1, 0.15) is 21.2 Å². The van der Waals surface area contributed by atoms with Gasteiger partial charge >= 0.3 is 4.87 Å². The summed E-state index contributed by atoms with van der Waals surface area (Å²) in [5.74, 6) is -1.95. The molecule has 0 unspecified atom stereocenters. The number of fused-ring (bicyclic) bond motifs is 2. The Labute approximate surface area is 224 Å². The SMILES string of the molecule is Cc1ccc(N2C(=O)[C@@H]3[C@H](c4cccs4)c4sc(=O)n(CC(=O)Nc5ccccc5)c4S[C@@H]3C2=O)cc1. The third-order valence-corrected chi connectivity index (χ3v) is 10.1. The largest absolute Gasteiger partial charge is 0.325 e. The lowest BCUT2D eigenvalue weighted by Crippen LogP contribution is -2.32. The van der Waals surface area contributed by atoms with Gasteiger partial charge in [-0.25, -0.2) is 4.90 Å². The number of anilines is 2. The van der Waals surface area contributed by atoms with E-state index < -0.39 is 17.1 Å². The molecule has 0 bridgehead atoms. The van der Waals surface area contributed by atoms with E-state index in [0.717, 1.165) is 26.7 Å². The van der Waals surface area contributed by atoms with Crippen molar-refractivity contribution in [2.45, 2.75) is 29.7 Å². The number of rotatable bonds is 5. The number of hydrogen-bond acceptors (Lipinski definition) is 7. The highest BCUT2D eigenvalue weighted by Crippen LogP contribution is 2.54. The zero-order valence-corrected chi connectivity index (χ0v) is 22.1. The molecule has 2 aliphatic heterocycles. The number of thiophene rings is 1. The topological polar surface area (TPSA) is 88.5 Å². The quantitative estimate of drug-likeness (QED) is 0.366. The molecule has 2 aromatic heterocycles. The average Bonchev–Trinajstić information content (AvgIpc) is 3.58. The highest BCUT2D eigenvalue weighted by molar-refractivity contribution is 8.00. The van der Waals surface area contributed by atoms with Crippen LogP contribution >= 0.6 is 34.4 Å². The minimum atomic E-state index is -0.689. The normalized spacial score (nSPS) is 20.6. The average molecular weight is 548 g/mol. The predicted octanol–water partition coefficient (Wildman–Crippen LogP) is 4.71. The van der Waals surface area contributed by atoms with E-state index in [-0.39, 0.29) is 29.1 Å². The monoisotopic (exact) mass is 547 g/mol. The van der Waals surface area contributed by atoms with E-state index in [0.29, 0.717) is 16.4 Å². The molecule has 0 spiro atoms. The lowest BCUT2D eigenvalue weighted by atomic mass is 9.87. The van der Waals surface area contributed by atoms with Gasteiger partial charge < -0.3 is 5.32 Å². The maximum Gasteiger partial charge on any atom is 0.308 e. The molecule has 1 N–H and O–H groups in total. The van der Waals surface area contributed by atoms with E-state index in [4.69, 9.17) is 0 Å². The van der Waals surface area contributed by atoms with Crippen LogP contribution in [0.2, 0.25) is 0 Å². The molecular weight excluding hydrogens is 527 g/mol. The van der Waals surface area contributed by atoms with Crippen molar-refractivity contribution in [3.05, 3.63) is 97.1 Å². The van der Waals surface area contributed by atoms with Gasteiger partial charge in [0.05, 0.1) is 16.6 Å². The molecule has 7 nitrogen and oxygen atoms in total. The summed E-state index contributed by atoms with van der Waals surface area (Å²) in [7, 11) is 0. The standard InChI is InChI=1S/C27H21N3O4S3/c1-15-9-11-17(12-10-15)30-24(32)21-20(18-8-5-13-35-18)23-26(36-22(21)25(30)33)29(27(34)37-23)14-19(31)28-16-6-3-2-4-7-16/h2-13,20-22H,14H2,1H3,(H,28,31)/t20-,21+,22-/m0/s1. The lowest BCUT2D eigenvalue weighted by Gasteiger charge is -2.29. The van der Waals surface area contributed by atoms with E-state index in [1.165, 1.54) is 32.6 Å². The lowest BCUT2D eigenvalue weighted by molar-refractivity contribution is -0.122. The van der Waals surface area contributed by atoms with Crippen molar-refractivity contribution in [3.8, 4) is 0 Å². The maximum absolute atomic E-state index is 13.8. The number of nitrogens with zero attached hydrogens (tertiary/aromatic N) is 2. The summed E-state index contributed by atoms with van der Waals surface area (Å²) in [6, 6.07) is 20.2. The van der Waals surface area contributed by atoms with Gasteiger partial charge in [0.1, 0.15) is 11.8 Å². The van der Waals surface area contributed by atoms with Gasteiger partial charge in [-0.1, -0.05) is 65.1 Å². The molecule has 0 radical (unpaired) electrons. The van der Waals surface area contributed by atoms with Crippen molar-refractivity contribution in [2.24, 2.45) is 5.92 Å². The number of hydrogen-bond donors (Lipinski definition) is 1. The summed E-state index contributed by atoms with van der Waals surface area (Å²) < 4.78 is 1.44. The molecular formula is C27H21N3O4S3. The van der Waals surface area contributed by atoms with E-state index in [1.807, 2.05) is 54.8 Å². The second-order valence-electron chi connectivity index (χ2n) is 8.94. The van der Waals surface area contributed by atoms with E-state index >= 15 is 0 Å².